The zero-order valence-electron chi connectivity index (χ0n) is 22.5. The van der Waals surface area contributed by atoms with Gasteiger partial charge in [0.05, 0.1) is 23.6 Å². The number of hydrogen-bond acceptors (Lipinski definition) is 3. The van der Waals surface area contributed by atoms with E-state index < -0.39 is 17.8 Å². The first-order chi connectivity index (χ1) is 19.7. The van der Waals surface area contributed by atoms with Crippen molar-refractivity contribution in [1.82, 2.24) is 19.8 Å². The summed E-state index contributed by atoms with van der Waals surface area (Å²) in [5, 5.41) is 3.04. The number of hydrogen-bond donors (Lipinski definition) is 2. The van der Waals surface area contributed by atoms with Crippen molar-refractivity contribution >= 4 is 34.3 Å². The van der Waals surface area contributed by atoms with Crippen LogP contribution in [0.3, 0.4) is 0 Å². The molecule has 1 aliphatic rings. The van der Waals surface area contributed by atoms with E-state index in [9.17, 15) is 18.0 Å². The lowest BCUT2D eigenvalue weighted by molar-refractivity contribution is -0.138. The maximum absolute atomic E-state index is 13.8. The first-order valence-electron chi connectivity index (χ1n) is 13.5. The van der Waals surface area contributed by atoms with Gasteiger partial charge in [0.15, 0.2) is 0 Å². The van der Waals surface area contributed by atoms with Crippen LogP contribution in [0.2, 0.25) is 0 Å². The van der Waals surface area contributed by atoms with Gasteiger partial charge in [-0.1, -0.05) is 42.5 Å². The molecule has 2 heterocycles. The van der Waals surface area contributed by atoms with Crippen LogP contribution in [0, 0.1) is 10.5 Å². The van der Waals surface area contributed by atoms with Gasteiger partial charge in [-0.3, -0.25) is 4.90 Å². The molecule has 0 saturated carbocycles. The number of anilines is 1. The fraction of sp³-hybridized carbons (Fsp3) is 0.290. The highest BCUT2D eigenvalue weighted by Gasteiger charge is 2.36. The molecule has 2 amide bonds. The van der Waals surface area contributed by atoms with E-state index in [1.807, 2.05) is 59.5 Å². The van der Waals surface area contributed by atoms with Crippen molar-refractivity contribution < 1.29 is 18.0 Å². The average Bonchev–Trinajstić information content (AvgIpc) is 3.49. The van der Waals surface area contributed by atoms with Gasteiger partial charge in [0.2, 0.25) is 0 Å². The number of aromatic amines is 1. The van der Waals surface area contributed by atoms with Gasteiger partial charge in [0.25, 0.3) is 0 Å². The number of rotatable bonds is 7. The molecular weight excluding hydrogens is 642 g/mol. The molecule has 0 radical (unpaired) electrons. The first-order valence-corrected chi connectivity index (χ1v) is 14.5. The molecule has 1 aromatic heterocycles. The van der Waals surface area contributed by atoms with E-state index in [0.29, 0.717) is 38.0 Å². The van der Waals surface area contributed by atoms with Crippen LogP contribution in [-0.4, -0.2) is 44.9 Å². The molecule has 10 heteroatoms. The molecule has 6 nitrogen and oxygen atoms in total. The van der Waals surface area contributed by atoms with Gasteiger partial charge in [0.1, 0.15) is 0 Å². The predicted molar refractivity (Wildman–Crippen MR) is 161 cm³/mol. The van der Waals surface area contributed by atoms with Crippen LogP contribution in [0.15, 0.2) is 85.3 Å². The van der Waals surface area contributed by atoms with Crippen LogP contribution >= 0.6 is 22.6 Å². The summed E-state index contributed by atoms with van der Waals surface area (Å²) in [6, 6.07) is 21.4. The smallest absolute Gasteiger partial charge is 0.347 e. The summed E-state index contributed by atoms with van der Waals surface area (Å²) >= 11 is 2.23. The highest BCUT2D eigenvalue weighted by molar-refractivity contribution is 14.1. The first kappa shape index (κ1) is 29.1. The van der Waals surface area contributed by atoms with Crippen molar-refractivity contribution in [1.29, 1.82) is 0 Å². The van der Waals surface area contributed by atoms with Crippen molar-refractivity contribution in [3.8, 4) is 0 Å². The molecule has 1 unspecified atom stereocenters. The molecule has 0 aliphatic carbocycles. The fourth-order valence-corrected chi connectivity index (χ4v) is 5.81. The Balaban J connectivity index is 1.37. The van der Waals surface area contributed by atoms with Gasteiger partial charge in [-0.15, -0.1) is 0 Å². The summed E-state index contributed by atoms with van der Waals surface area (Å²) in [5.74, 6) is 0. The Bertz CT molecular complexity index is 1440. The summed E-state index contributed by atoms with van der Waals surface area (Å²) < 4.78 is 42.4. The van der Waals surface area contributed by atoms with Gasteiger partial charge >= 0.3 is 12.2 Å². The van der Waals surface area contributed by atoms with E-state index in [0.717, 1.165) is 20.5 Å². The number of amides is 2. The SMILES string of the molecule is Cc1ccc(C(c2cnc[nH]2)N2CCC(N(Cc3ccccc3)C(=O)Nc3ccc(I)cc3)CC2)cc1C(F)(F)F. The second-order valence-corrected chi connectivity index (χ2v) is 11.5. The van der Waals surface area contributed by atoms with Gasteiger partial charge in [-0.05, 0) is 89.4 Å². The molecule has 3 aromatic carbocycles. The van der Waals surface area contributed by atoms with Gasteiger partial charge in [-0.25, -0.2) is 9.78 Å². The number of nitrogens with one attached hydrogen (secondary N) is 2. The van der Waals surface area contributed by atoms with Crippen LogP contribution in [0.5, 0.6) is 0 Å². The standard InChI is InChI=1S/C31H31F3IN5O/c1-21-7-8-23(17-27(21)31(32,33)34)29(28-18-36-20-37-28)39-15-13-26(14-16-39)40(19-22-5-3-2-4-6-22)30(41)38-25-11-9-24(35)10-12-25/h2-12,17-18,20,26,29H,13-16,19H2,1H3,(H,36,37)(H,38,41). The van der Waals surface area contributed by atoms with E-state index in [1.165, 1.54) is 19.1 Å². The lowest BCUT2D eigenvalue weighted by Gasteiger charge is -2.41. The third kappa shape index (κ3) is 7.10. The predicted octanol–water partition coefficient (Wildman–Crippen LogP) is 7.63. The molecular formula is C31H31F3IN5O. The number of benzene rings is 3. The molecule has 41 heavy (non-hydrogen) atoms. The molecule has 0 spiro atoms. The summed E-state index contributed by atoms with van der Waals surface area (Å²) in [6.45, 7) is 3.14. The second kappa shape index (κ2) is 12.6. The maximum atomic E-state index is 13.8. The zero-order chi connectivity index (χ0) is 29.0. The Labute approximate surface area is 251 Å². The third-order valence-electron chi connectivity index (χ3n) is 7.55. The topological polar surface area (TPSA) is 64.3 Å². The van der Waals surface area contributed by atoms with Crippen molar-refractivity contribution in [3.05, 3.63) is 117 Å². The Morgan fingerprint density at radius 1 is 1.10 bits per heavy atom. The summed E-state index contributed by atoms with van der Waals surface area (Å²) in [7, 11) is 0. The van der Waals surface area contributed by atoms with Crippen molar-refractivity contribution in [3.63, 3.8) is 0 Å². The number of alkyl halides is 3. The highest BCUT2D eigenvalue weighted by Crippen LogP contribution is 2.37. The Kier molecular flexibility index (Phi) is 8.98. The normalized spacial score (nSPS) is 15.4. The van der Waals surface area contributed by atoms with E-state index in [-0.39, 0.29) is 17.6 Å². The number of urea groups is 1. The van der Waals surface area contributed by atoms with Gasteiger partial charge in [0, 0.05) is 41.1 Å². The minimum absolute atomic E-state index is 0.0403. The number of halogens is 4. The summed E-state index contributed by atoms with van der Waals surface area (Å²) in [5.41, 5.74) is 2.61. The second-order valence-electron chi connectivity index (χ2n) is 10.3. The van der Waals surface area contributed by atoms with Crippen LogP contribution in [0.1, 0.15) is 46.8 Å². The molecule has 4 aromatic rings. The van der Waals surface area contributed by atoms with E-state index >= 15 is 0 Å². The highest BCUT2D eigenvalue weighted by atomic mass is 127. The molecule has 1 saturated heterocycles. The zero-order valence-corrected chi connectivity index (χ0v) is 24.7. The number of carbonyl (C=O) groups is 1. The van der Waals surface area contributed by atoms with Crippen LogP contribution in [-0.2, 0) is 12.7 Å². The minimum atomic E-state index is -4.44. The largest absolute Gasteiger partial charge is 0.416 e. The molecule has 1 fully saturated rings. The monoisotopic (exact) mass is 673 g/mol. The number of aryl methyl sites for hydroxylation is 1. The molecule has 214 valence electrons. The molecule has 1 atom stereocenters. The number of piperidine rings is 1. The number of carbonyl (C=O) groups excluding carboxylic acids is 1. The lowest BCUT2D eigenvalue weighted by atomic mass is 9.94. The minimum Gasteiger partial charge on any atom is -0.347 e. The molecule has 2 N–H and O–H groups in total. The quantitative estimate of drug-likeness (QED) is 0.199. The number of aromatic nitrogens is 2. The Morgan fingerprint density at radius 2 is 1.80 bits per heavy atom. The molecule has 0 bridgehead atoms. The van der Waals surface area contributed by atoms with Crippen molar-refractivity contribution in [2.24, 2.45) is 0 Å². The van der Waals surface area contributed by atoms with Gasteiger partial charge in [-0.2, -0.15) is 13.2 Å². The third-order valence-corrected chi connectivity index (χ3v) is 8.27. The van der Waals surface area contributed by atoms with E-state index in [4.69, 9.17) is 0 Å². The summed E-state index contributed by atoms with van der Waals surface area (Å²) in [4.78, 5) is 24.9. The van der Waals surface area contributed by atoms with Crippen molar-refractivity contribution in [2.75, 3.05) is 18.4 Å². The van der Waals surface area contributed by atoms with Crippen LogP contribution < -0.4 is 5.32 Å². The number of imidazole rings is 1. The van der Waals surface area contributed by atoms with Crippen molar-refractivity contribution in [2.45, 2.75) is 44.6 Å². The molecule has 5 rings (SSSR count). The van der Waals surface area contributed by atoms with Crippen LogP contribution in [0.25, 0.3) is 0 Å². The Hall–Kier alpha value is -3.38. The van der Waals surface area contributed by atoms with E-state index in [1.54, 1.807) is 18.6 Å². The fourth-order valence-electron chi connectivity index (χ4n) is 5.45. The number of nitrogens with zero attached hydrogens (tertiary/aromatic N) is 3. The number of likely N-dealkylation sites (tertiary alicyclic amines) is 1. The Morgan fingerprint density at radius 3 is 2.44 bits per heavy atom. The lowest BCUT2D eigenvalue weighted by Crippen LogP contribution is -2.49. The van der Waals surface area contributed by atoms with Gasteiger partial charge < -0.3 is 15.2 Å². The maximum Gasteiger partial charge on any atom is 0.416 e. The van der Waals surface area contributed by atoms with Crippen LogP contribution in [0.4, 0.5) is 23.7 Å². The summed E-state index contributed by atoms with van der Waals surface area (Å²) in [6.07, 6.45) is 0.129. The number of H-pyrrole nitrogens is 1. The average molecular weight is 674 g/mol. The van der Waals surface area contributed by atoms with E-state index in [2.05, 4.69) is 42.8 Å². The molecule has 1 aliphatic heterocycles.